The Hall–Kier alpha value is -1.61. The second-order valence-corrected chi connectivity index (χ2v) is 4.41. The van der Waals surface area contributed by atoms with Gasteiger partial charge in [-0.2, -0.15) is 5.10 Å². The van der Waals surface area contributed by atoms with Crippen LogP contribution in [-0.4, -0.2) is 9.78 Å². The highest BCUT2D eigenvalue weighted by molar-refractivity contribution is 5.30. The molecule has 0 radical (unpaired) electrons. The molecule has 2 aromatic rings. The van der Waals surface area contributed by atoms with Gasteiger partial charge in [0.1, 0.15) is 0 Å². The summed E-state index contributed by atoms with van der Waals surface area (Å²) in [5.74, 6) is 0. The average Bonchev–Trinajstić information content (AvgIpc) is 2.70. The molecule has 0 amide bonds. The number of aromatic nitrogens is 2. The summed E-state index contributed by atoms with van der Waals surface area (Å²) < 4.78 is 1.97. The number of nitrogens with zero attached hydrogens (tertiary/aromatic N) is 2. The molecule has 90 valence electrons. The SMILES string of the molecule is CCn1nc(C)cc1C(N)c1ccc(C)cc1. The Balaban J connectivity index is 2.35. The molecule has 17 heavy (non-hydrogen) atoms. The van der Waals surface area contributed by atoms with E-state index in [-0.39, 0.29) is 6.04 Å². The monoisotopic (exact) mass is 229 g/mol. The molecule has 3 heteroatoms. The quantitative estimate of drug-likeness (QED) is 0.879. The van der Waals surface area contributed by atoms with Crippen LogP contribution in [0.25, 0.3) is 0 Å². The zero-order valence-corrected chi connectivity index (χ0v) is 10.6. The molecule has 0 aliphatic heterocycles. The summed E-state index contributed by atoms with van der Waals surface area (Å²) in [7, 11) is 0. The van der Waals surface area contributed by atoms with E-state index in [1.54, 1.807) is 0 Å². The zero-order chi connectivity index (χ0) is 12.4. The summed E-state index contributed by atoms with van der Waals surface area (Å²) in [4.78, 5) is 0. The van der Waals surface area contributed by atoms with E-state index in [1.807, 2.05) is 11.6 Å². The fourth-order valence-electron chi connectivity index (χ4n) is 2.01. The van der Waals surface area contributed by atoms with Crippen LogP contribution in [-0.2, 0) is 6.54 Å². The zero-order valence-electron chi connectivity index (χ0n) is 10.6. The Morgan fingerprint density at radius 3 is 2.47 bits per heavy atom. The fraction of sp³-hybridized carbons (Fsp3) is 0.357. The first kappa shape index (κ1) is 11.9. The Kier molecular flexibility index (Phi) is 3.29. The third kappa shape index (κ3) is 2.39. The molecular formula is C14H19N3. The van der Waals surface area contributed by atoms with E-state index in [2.05, 4.69) is 49.3 Å². The average molecular weight is 229 g/mol. The number of rotatable bonds is 3. The van der Waals surface area contributed by atoms with Gasteiger partial charge in [-0.05, 0) is 32.4 Å². The van der Waals surface area contributed by atoms with Crippen LogP contribution >= 0.6 is 0 Å². The van der Waals surface area contributed by atoms with Crippen molar-refractivity contribution < 1.29 is 0 Å². The van der Waals surface area contributed by atoms with Crippen LogP contribution in [0.4, 0.5) is 0 Å². The lowest BCUT2D eigenvalue weighted by atomic mass is 10.0. The second-order valence-electron chi connectivity index (χ2n) is 4.41. The number of hydrogen-bond acceptors (Lipinski definition) is 2. The molecule has 2 rings (SSSR count). The topological polar surface area (TPSA) is 43.8 Å². The minimum absolute atomic E-state index is 0.100. The van der Waals surface area contributed by atoms with Crippen molar-refractivity contribution in [1.29, 1.82) is 0 Å². The fourth-order valence-corrected chi connectivity index (χ4v) is 2.01. The number of nitrogens with two attached hydrogens (primary N) is 1. The molecule has 0 saturated carbocycles. The first-order valence-electron chi connectivity index (χ1n) is 5.98. The molecule has 1 aromatic heterocycles. The van der Waals surface area contributed by atoms with Crippen LogP contribution in [0.2, 0.25) is 0 Å². The molecular weight excluding hydrogens is 210 g/mol. The minimum Gasteiger partial charge on any atom is -0.319 e. The molecule has 0 aliphatic carbocycles. The largest absolute Gasteiger partial charge is 0.319 e. The number of aryl methyl sites for hydroxylation is 3. The van der Waals surface area contributed by atoms with Crippen LogP contribution in [0.5, 0.6) is 0 Å². The van der Waals surface area contributed by atoms with E-state index < -0.39 is 0 Å². The molecule has 1 atom stereocenters. The standard InChI is InChI=1S/C14H19N3/c1-4-17-13(9-11(3)16-17)14(15)12-7-5-10(2)6-8-12/h5-9,14H,4,15H2,1-3H3. The summed E-state index contributed by atoms with van der Waals surface area (Å²) >= 11 is 0. The van der Waals surface area contributed by atoms with Gasteiger partial charge in [-0.15, -0.1) is 0 Å². The van der Waals surface area contributed by atoms with Crippen molar-refractivity contribution in [1.82, 2.24) is 9.78 Å². The van der Waals surface area contributed by atoms with Gasteiger partial charge in [0.15, 0.2) is 0 Å². The van der Waals surface area contributed by atoms with Crippen molar-refractivity contribution >= 4 is 0 Å². The molecule has 3 nitrogen and oxygen atoms in total. The Morgan fingerprint density at radius 1 is 1.24 bits per heavy atom. The van der Waals surface area contributed by atoms with Gasteiger partial charge in [-0.25, -0.2) is 0 Å². The van der Waals surface area contributed by atoms with E-state index in [4.69, 9.17) is 5.73 Å². The van der Waals surface area contributed by atoms with Crippen LogP contribution in [0.1, 0.15) is 35.5 Å². The van der Waals surface area contributed by atoms with Gasteiger partial charge in [-0.3, -0.25) is 4.68 Å². The molecule has 0 fully saturated rings. The van der Waals surface area contributed by atoms with E-state index in [9.17, 15) is 0 Å². The van der Waals surface area contributed by atoms with Gasteiger partial charge < -0.3 is 5.73 Å². The molecule has 0 bridgehead atoms. The Morgan fingerprint density at radius 2 is 1.88 bits per heavy atom. The summed E-state index contributed by atoms with van der Waals surface area (Å²) in [6.07, 6.45) is 0. The second kappa shape index (κ2) is 4.72. The predicted octanol–water partition coefficient (Wildman–Crippen LogP) is 2.57. The number of benzene rings is 1. The third-order valence-electron chi connectivity index (χ3n) is 2.99. The molecule has 0 spiro atoms. The van der Waals surface area contributed by atoms with Crippen LogP contribution in [0.3, 0.4) is 0 Å². The summed E-state index contributed by atoms with van der Waals surface area (Å²) in [5, 5.41) is 4.43. The van der Waals surface area contributed by atoms with Gasteiger partial charge in [0.25, 0.3) is 0 Å². The van der Waals surface area contributed by atoms with Crippen molar-refractivity contribution in [2.45, 2.75) is 33.4 Å². The highest BCUT2D eigenvalue weighted by Gasteiger charge is 2.14. The Bertz CT molecular complexity index is 497. The van der Waals surface area contributed by atoms with E-state index in [1.165, 1.54) is 5.56 Å². The van der Waals surface area contributed by atoms with Gasteiger partial charge >= 0.3 is 0 Å². The number of hydrogen-bond donors (Lipinski definition) is 1. The molecule has 1 aromatic carbocycles. The predicted molar refractivity (Wildman–Crippen MR) is 69.8 cm³/mol. The van der Waals surface area contributed by atoms with Crippen LogP contribution in [0.15, 0.2) is 30.3 Å². The van der Waals surface area contributed by atoms with Crippen molar-refractivity contribution in [3.05, 3.63) is 52.8 Å². The lowest BCUT2D eigenvalue weighted by Gasteiger charge is -2.13. The smallest absolute Gasteiger partial charge is 0.0723 e. The highest BCUT2D eigenvalue weighted by atomic mass is 15.3. The molecule has 2 N–H and O–H groups in total. The lowest BCUT2D eigenvalue weighted by Crippen LogP contribution is -2.17. The maximum absolute atomic E-state index is 6.30. The van der Waals surface area contributed by atoms with E-state index >= 15 is 0 Å². The first-order valence-corrected chi connectivity index (χ1v) is 5.98. The van der Waals surface area contributed by atoms with E-state index in [0.717, 1.165) is 23.5 Å². The van der Waals surface area contributed by atoms with Gasteiger partial charge in [0.05, 0.1) is 17.4 Å². The van der Waals surface area contributed by atoms with Crippen molar-refractivity contribution in [3.8, 4) is 0 Å². The maximum atomic E-state index is 6.30. The van der Waals surface area contributed by atoms with Crippen molar-refractivity contribution in [3.63, 3.8) is 0 Å². The minimum atomic E-state index is -0.100. The highest BCUT2D eigenvalue weighted by Crippen LogP contribution is 2.20. The molecule has 1 heterocycles. The van der Waals surface area contributed by atoms with Crippen molar-refractivity contribution in [2.24, 2.45) is 5.73 Å². The molecule has 1 unspecified atom stereocenters. The van der Waals surface area contributed by atoms with Crippen molar-refractivity contribution in [2.75, 3.05) is 0 Å². The van der Waals surface area contributed by atoms with Gasteiger partial charge in [0, 0.05) is 6.54 Å². The summed E-state index contributed by atoms with van der Waals surface area (Å²) in [6, 6.07) is 10.3. The normalized spacial score (nSPS) is 12.7. The summed E-state index contributed by atoms with van der Waals surface area (Å²) in [5.41, 5.74) is 10.8. The third-order valence-corrected chi connectivity index (χ3v) is 2.99. The lowest BCUT2D eigenvalue weighted by molar-refractivity contribution is 0.597. The van der Waals surface area contributed by atoms with Gasteiger partial charge in [0.2, 0.25) is 0 Å². The van der Waals surface area contributed by atoms with E-state index in [0.29, 0.717) is 0 Å². The summed E-state index contributed by atoms with van der Waals surface area (Å²) in [6.45, 7) is 7.01. The first-order chi connectivity index (χ1) is 8.11. The van der Waals surface area contributed by atoms with Gasteiger partial charge in [-0.1, -0.05) is 29.8 Å². The van der Waals surface area contributed by atoms with Crippen LogP contribution in [0, 0.1) is 13.8 Å². The Labute approximate surface area is 102 Å². The maximum Gasteiger partial charge on any atom is 0.0723 e. The molecule has 0 saturated heterocycles. The molecule has 0 aliphatic rings. The van der Waals surface area contributed by atoms with Crippen LogP contribution < -0.4 is 5.73 Å².